The van der Waals surface area contributed by atoms with E-state index in [1.165, 1.54) is 6.42 Å². The summed E-state index contributed by atoms with van der Waals surface area (Å²) in [6.07, 6.45) is 2.28. The summed E-state index contributed by atoms with van der Waals surface area (Å²) >= 11 is 0. The molecule has 1 atom stereocenters. The lowest BCUT2D eigenvalue weighted by Crippen LogP contribution is -2.24. The smallest absolute Gasteiger partial charge is 0.229 e. The van der Waals surface area contributed by atoms with Gasteiger partial charge in [0.15, 0.2) is 5.82 Å². The third-order valence-corrected chi connectivity index (χ3v) is 3.07. The van der Waals surface area contributed by atoms with Gasteiger partial charge in [-0.05, 0) is 26.3 Å². The molecule has 0 unspecified atom stereocenters. The van der Waals surface area contributed by atoms with Crippen LogP contribution >= 0.6 is 0 Å². The summed E-state index contributed by atoms with van der Waals surface area (Å²) < 4.78 is 5.27. The summed E-state index contributed by atoms with van der Waals surface area (Å²) in [6, 6.07) is 0.284. The lowest BCUT2D eigenvalue weighted by atomic mass is 10.2. The maximum Gasteiger partial charge on any atom is 0.229 e. The van der Waals surface area contributed by atoms with E-state index in [1.807, 2.05) is 6.92 Å². The van der Waals surface area contributed by atoms with Crippen molar-refractivity contribution in [2.75, 3.05) is 13.1 Å². The van der Waals surface area contributed by atoms with Gasteiger partial charge in [0.2, 0.25) is 5.89 Å². The van der Waals surface area contributed by atoms with E-state index >= 15 is 0 Å². The van der Waals surface area contributed by atoms with E-state index in [-0.39, 0.29) is 6.04 Å². The van der Waals surface area contributed by atoms with Crippen LogP contribution in [-0.2, 0) is 0 Å². The Kier molecular flexibility index (Phi) is 3.80. The molecule has 0 aliphatic carbocycles. The fraction of sp³-hybridized carbons (Fsp3) is 0.692. The van der Waals surface area contributed by atoms with Crippen LogP contribution in [0.1, 0.15) is 57.3 Å². The minimum atomic E-state index is 0.284. The molecule has 1 aliphatic heterocycles. The van der Waals surface area contributed by atoms with Gasteiger partial charge in [0.25, 0.3) is 0 Å². The minimum absolute atomic E-state index is 0.284. The van der Waals surface area contributed by atoms with Crippen molar-refractivity contribution >= 4 is 0 Å². The zero-order chi connectivity index (χ0) is 12.3. The van der Waals surface area contributed by atoms with Crippen molar-refractivity contribution in [3.63, 3.8) is 0 Å². The molecule has 4 heteroatoms. The van der Waals surface area contributed by atoms with E-state index in [0.29, 0.717) is 5.92 Å². The molecule has 2 rings (SSSR count). The van der Waals surface area contributed by atoms with Gasteiger partial charge in [-0.3, -0.25) is 4.90 Å². The minimum Gasteiger partial charge on any atom is -0.339 e. The van der Waals surface area contributed by atoms with Crippen molar-refractivity contribution in [2.24, 2.45) is 0 Å². The van der Waals surface area contributed by atoms with Crippen molar-refractivity contribution < 1.29 is 4.52 Å². The van der Waals surface area contributed by atoms with Crippen LogP contribution in [0.3, 0.4) is 0 Å². The summed E-state index contributed by atoms with van der Waals surface area (Å²) in [5.74, 6) is 7.89. The first-order valence-corrected chi connectivity index (χ1v) is 6.19. The summed E-state index contributed by atoms with van der Waals surface area (Å²) in [7, 11) is 0. The number of hydrogen-bond donors (Lipinski definition) is 0. The van der Waals surface area contributed by atoms with Gasteiger partial charge in [0, 0.05) is 5.92 Å². The molecule has 92 valence electrons. The maximum absolute atomic E-state index is 5.27. The predicted octanol–water partition coefficient (Wildman–Crippen LogP) is 2.35. The van der Waals surface area contributed by atoms with Gasteiger partial charge >= 0.3 is 0 Å². The molecule has 0 bridgehead atoms. The molecule has 1 saturated heterocycles. The highest BCUT2D eigenvalue weighted by atomic mass is 16.5. The first-order chi connectivity index (χ1) is 8.22. The third-order valence-electron chi connectivity index (χ3n) is 3.07. The highest BCUT2D eigenvalue weighted by Crippen LogP contribution is 2.30. The fourth-order valence-electron chi connectivity index (χ4n) is 2.11. The molecule has 1 fully saturated rings. The van der Waals surface area contributed by atoms with Crippen molar-refractivity contribution in [3.05, 3.63) is 11.7 Å². The molecule has 1 aromatic heterocycles. The average molecular weight is 233 g/mol. The molecule has 0 spiro atoms. The van der Waals surface area contributed by atoms with Crippen molar-refractivity contribution in [1.29, 1.82) is 0 Å². The molecule has 17 heavy (non-hydrogen) atoms. The zero-order valence-electron chi connectivity index (χ0n) is 10.7. The van der Waals surface area contributed by atoms with E-state index in [1.54, 1.807) is 0 Å². The van der Waals surface area contributed by atoms with Crippen LogP contribution in [0.2, 0.25) is 0 Å². The van der Waals surface area contributed by atoms with Crippen molar-refractivity contribution in [2.45, 2.75) is 45.6 Å². The Hall–Kier alpha value is -1.34. The van der Waals surface area contributed by atoms with Crippen LogP contribution in [0.4, 0.5) is 0 Å². The van der Waals surface area contributed by atoms with Gasteiger partial charge in [-0.25, -0.2) is 0 Å². The second kappa shape index (κ2) is 5.33. The van der Waals surface area contributed by atoms with Crippen LogP contribution in [0, 0.1) is 11.8 Å². The number of nitrogens with zero attached hydrogens (tertiary/aromatic N) is 3. The molecule has 1 aromatic rings. The van der Waals surface area contributed by atoms with Crippen molar-refractivity contribution in [1.82, 2.24) is 15.0 Å². The largest absolute Gasteiger partial charge is 0.339 e. The first-order valence-electron chi connectivity index (χ1n) is 6.19. The van der Waals surface area contributed by atoms with Crippen LogP contribution in [0.5, 0.6) is 0 Å². The lowest BCUT2D eigenvalue weighted by molar-refractivity contribution is 0.269. The van der Waals surface area contributed by atoms with Gasteiger partial charge in [-0.1, -0.05) is 24.9 Å². The molecular weight excluding hydrogens is 214 g/mol. The standard InChI is InChI=1S/C13H19N3O/c1-4-5-8-16-9-6-7-11(16)12-14-13(10(2)3)17-15-12/h10-11H,6-9H2,1-3H3/t11-/m0/s1. The topological polar surface area (TPSA) is 42.2 Å². The molecular formula is C13H19N3O. The van der Waals surface area contributed by atoms with E-state index in [0.717, 1.165) is 31.2 Å². The molecule has 0 N–H and O–H groups in total. The number of hydrogen-bond acceptors (Lipinski definition) is 4. The molecule has 0 amide bonds. The van der Waals surface area contributed by atoms with E-state index in [2.05, 4.69) is 40.7 Å². The summed E-state index contributed by atoms with van der Waals surface area (Å²) in [6.45, 7) is 7.87. The average Bonchev–Trinajstić information content (AvgIpc) is 2.94. The Bertz CT molecular complexity index is 427. The normalized spacial score (nSPS) is 20.6. The Morgan fingerprint density at radius 2 is 2.35 bits per heavy atom. The summed E-state index contributed by atoms with van der Waals surface area (Å²) in [5, 5.41) is 4.10. The molecule has 0 saturated carbocycles. The Morgan fingerprint density at radius 3 is 3.00 bits per heavy atom. The molecule has 1 aliphatic rings. The van der Waals surface area contributed by atoms with Crippen LogP contribution < -0.4 is 0 Å². The van der Waals surface area contributed by atoms with Crippen molar-refractivity contribution in [3.8, 4) is 11.8 Å². The third kappa shape index (κ3) is 2.67. The molecule has 2 heterocycles. The quantitative estimate of drug-likeness (QED) is 0.752. The first kappa shape index (κ1) is 12.1. The monoisotopic (exact) mass is 233 g/mol. The number of rotatable bonds is 3. The molecule has 0 aromatic carbocycles. The molecule has 0 radical (unpaired) electrons. The van der Waals surface area contributed by atoms with Gasteiger partial charge in [0.05, 0.1) is 12.6 Å². The number of likely N-dealkylation sites (tertiary alicyclic amines) is 1. The lowest BCUT2D eigenvalue weighted by Gasteiger charge is -2.18. The maximum atomic E-state index is 5.27. The Balaban J connectivity index is 2.10. The van der Waals surface area contributed by atoms with E-state index in [9.17, 15) is 0 Å². The van der Waals surface area contributed by atoms with Gasteiger partial charge in [0.1, 0.15) is 0 Å². The van der Waals surface area contributed by atoms with Crippen LogP contribution in [0.15, 0.2) is 4.52 Å². The highest BCUT2D eigenvalue weighted by molar-refractivity contribution is 5.04. The zero-order valence-corrected chi connectivity index (χ0v) is 10.7. The summed E-state index contributed by atoms with van der Waals surface area (Å²) in [5.41, 5.74) is 0. The van der Waals surface area contributed by atoms with Gasteiger partial charge in [-0.15, -0.1) is 5.92 Å². The number of aromatic nitrogens is 2. The Morgan fingerprint density at radius 1 is 1.53 bits per heavy atom. The van der Waals surface area contributed by atoms with Crippen LogP contribution in [0.25, 0.3) is 0 Å². The second-order valence-corrected chi connectivity index (χ2v) is 4.70. The van der Waals surface area contributed by atoms with Crippen LogP contribution in [-0.4, -0.2) is 28.1 Å². The van der Waals surface area contributed by atoms with Gasteiger partial charge < -0.3 is 4.52 Å². The summed E-state index contributed by atoms with van der Waals surface area (Å²) in [4.78, 5) is 6.81. The van der Waals surface area contributed by atoms with E-state index < -0.39 is 0 Å². The second-order valence-electron chi connectivity index (χ2n) is 4.70. The highest BCUT2D eigenvalue weighted by Gasteiger charge is 2.29. The SMILES string of the molecule is CC#CCN1CCC[C@H]1c1noc(C(C)C)n1. The fourth-order valence-corrected chi connectivity index (χ4v) is 2.11. The molecule has 4 nitrogen and oxygen atoms in total. The van der Waals surface area contributed by atoms with E-state index in [4.69, 9.17) is 4.52 Å². The van der Waals surface area contributed by atoms with Gasteiger partial charge in [-0.2, -0.15) is 4.98 Å². The Labute approximate surface area is 102 Å². The predicted molar refractivity (Wildman–Crippen MR) is 65.4 cm³/mol.